The lowest BCUT2D eigenvalue weighted by Gasteiger charge is -2.32. The van der Waals surface area contributed by atoms with E-state index in [1.54, 1.807) is 6.33 Å². The number of benzene rings is 1. The van der Waals surface area contributed by atoms with Gasteiger partial charge in [0.05, 0.1) is 19.1 Å². The van der Waals surface area contributed by atoms with Gasteiger partial charge >= 0.3 is 5.97 Å². The SMILES string of the molecule is COC(=O)c1ncn(C2CCCCC2CO)c1-c1ccccc1. The number of aliphatic hydroxyl groups excluding tert-OH is 1. The third kappa shape index (κ3) is 3.01. The first-order valence-electron chi connectivity index (χ1n) is 8.07. The number of carbonyl (C=O) groups excluding carboxylic acids is 1. The van der Waals surface area contributed by atoms with Crippen LogP contribution in [0.4, 0.5) is 0 Å². The Morgan fingerprint density at radius 3 is 2.74 bits per heavy atom. The van der Waals surface area contributed by atoms with Crippen molar-refractivity contribution in [2.45, 2.75) is 31.7 Å². The average Bonchev–Trinajstić information content (AvgIpc) is 3.06. The molecule has 1 saturated carbocycles. The maximum atomic E-state index is 12.1. The third-order valence-electron chi connectivity index (χ3n) is 4.68. The number of rotatable bonds is 4. The summed E-state index contributed by atoms with van der Waals surface area (Å²) >= 11 is 0. The molecule has 0 radical (unpaired) electrons. The summed E-state index contributed by atoms with van der Waals surface area (Å²) < 4.78 is 6.95. The third-order valence-corrected chi connectivity index (χ3v) is 4.68. The van der Waals surface area contributed by atoms with Crippen LogP contribution in [0.2, 0.25) is 0 Å². The van der Waals surface area contributed by atoms with Crippen molar-refractivity contribution in [3.05, 3.63) is 42.4 Å². The van der Waals surface area contributed by atoms with Crippen LogP contribution in [0.5, 0.6) is 0 Å². The number of aliphatic hydroxyl groups is 1. The number of imidazole rings is 1. The first-order chi connectivity index (χ1) is 11.3. The van der Waals surface area contributed by atoms with Crippen LogP contribution < -0.4 is 0 Å². The smallest absolute Gasteiger partial charge is 0.358 e. The average molecular weight is 314 g/mol. The summed E-state index contributed by atoms with van der Waals surface area (Å²) in [6, 6.07) is 9.93. The lowest BCUT2D eigenvalue weighted by atomic mass is 9.84. The van der Waals surface area contributed by atoms with Crippen molar-refractivity contribution < 1.29 is 14.6 Å². The van der Waals surface area contributed by atoms with Crippen molar-refractivity contribution >= 4 is 5.97 Å². The number of aromatic nitrogens is 2. The molecule has 1 aliphatic rings. The highest BCUT2D eigenvalue weighted by Crippen LogP contribution is 2.37. The number of methoxy groups -OCH3 is 1. The molecule has 23 heavy (non-hydrogen) atoms. The van der Waals surface area contributed by atoms with E-state index in [1.165, 1.54) is 7.11 Å². The first kappa shape index (κ1) is 15.7. The monoisotopic (exact) mass is 314 g/mol. The van der Waals surface area contributed by atoms with Gasteiger partial charge in [-0.05, 0) is 12.8 Å². The van der Waals surface area contributed by atoms with Crippen LogP contribution in [0.1, 0.15) is 42.2 Å². The highest BCUT2D eigenvalue weighted by atomic mass is 16.5. The first-order valence-corrected chi connectivity index (χ1v) is 8.07. The molecule has 0 saturated heterocycles. The van der Waals surface area contributed by atoms with Crippen molar-refractivity contribution in [2.75, 3.05) is 13.7 Å². The van der Waals surface area contributed by atoms with E-state index in [4.69, 9.17) is 4.74 Å². The van der Waals surface area contributed by atoms with Crippen molar-refractivity contribution in [1.29, 1.82) is 0 Å². The van der Waals surface area contributed by atoms with E-state index in [1.807, 2.05) is 30.3 Å². The van der Waals surface area contributed by atoms with Gasteiger partial charge in [0, 0.05) is 24.1 Å². The van der Waals surface area contributed by atoms with Crippen molar-refractivity contribution in [3.8, 4) is 11.3 Å². The number of carbonyl (C=O) groups is 1. The summed E-state index contributed by atoms with van der Waals surface area (Å²) in [6.07, 6.45) is 5.97. The fraction of sp³-hybridized carbons (Fsp3) is 0.444. The van der Waals surface area contributed by atoms with E-state index in [9.17, 15) is 9.90 Å². The molecule has 0 aliphatic heterocycles. The molecule has 0 amide bonds. The van der Waals surface area contributed by atoms with Crippen molar-refractivity contribution in [1.82, 2.24) is 9.55 Å². The zero-order chi connectivity index (χ0) is 16.2. The van der Waals surface area contributed by atoms with Gasteiger partial charge in [0.1, 0.15) is 0 Å². The summed E-state index contributed by atoms with van der Waals surface area (Å²) in [4.78, 5) is 16.4. The Bertz CT molecular complexity index is 666. The zero-order valence-electron chi connectivity index (χ0n) is 13.3. The predicted molar refractivity (Wildman–Crippen MR) is 87.1 cm³/mol. The molecule has 1 aliphatic carbocycles. The van der Waals surface area contributed by atoms with Gasteiger partial charge in [-0.15, -0.1) is 0 Å². The predicted octanol–water partition coefficient (Wildman–Crippen LogP) is 3.06. The Morgan fingerprint density at radius 2 is 2.04 bits per heavy atom. The van der Waals surface area contributed by atoms with Crippen LogP contribution in [0.15, 0.2) is 36.7 Å². The maximum Gasteiger partial charge on any atom is 0.358 e. The van der Waals surface area contributed by atoms with E-state index in [2.05, 4.69) is 9.55 Å². The minimum absolute atomic E-state index is 0.157. The minimum Gasteiger partial charge on any atom is -0.464 e. The van der Waals surface area contributed by atoms with Crippen molar-refractivity contribution in [2.24, 2.45) is 5.92 Å². The van der Waals surface area contributed by atoms with Crippen LogP contribution in [0.3, 0.4) is 0 Å². The molecule has 3 rings (SSSR count). The molecular formula is C18H22N2O3. The van der Waals surface area contributed by atoms with Crippen molar-refractivity contribution in [3.63, 3.8) is 0 Å². The molecule has 5 nitrogen and oxygen atoms in total. The van der Waals surface area contributed by atoms with E-state index in [0.29, 0.717) is 5.69 Å². The van der Waals surface area contributed by atoms with Gasteiger partial charge in [-0.3, -0.25) is 0 Å². The molecule has 2 unspecified atom stereocenters. The fourth-order valence-electron chi connectivity index (χ4n) is 3.51. The van der Waals surface area contributed by atoms with E-state index < -0.39 is 5.97 Å². The Kier molecular flexibility index (Phi) is 4.76. The minimum atomic E-state index is -0.432. The second kappa shape index (κ2) is 6.96. The van der Waals surface area contributed by atoms with Crippen LogP contribution in [-0.2, 0) is 4.74 Å². The molecule has 1 heterocycles. The van der Waals surface area contributed by atoms with Crippen LogP contribution in [-0.4, -0.2) is 34.3 Å². The molecule has 5 heteroatoms. The Balaban J connectivity index is 2.10. The second-order valence-corrected chi connectivity index (χ2v) is 6.00. The van der Waals surface area contributed by atoms with Gasteiger partial charge in [-0.2, -0.15) is 0 Å². The molecule has 1 aromatic carbocycles. The van der Waals surface area contributed by atoms with Gasteiger partial charge in [0.15, 0.2) is 5.69 Å². The Labute approximate surface area is 135 Å². The fourth-order valence-corrected chi connectivity index (χ4v) is 3.51. The Morgan fingerprint density at radius 1 is 1.30 bits per heavy atom. The number of esters is 1. The molecule has 1 fully saturated rings. The van der Waals surface area contributed by atoms with Crippen LogP contribution in [0, 0.1) is 5.92 Å². The van der Waals surface area contributed by atoms with E-state index in [-0.39, 0.29) is 18.6 Å². The quantitative estimate of drug-likeness (QED) is 0.881. The summed E-state index contributed by atoms with van der Waals surface area (Å²) in [5.41, 5.74) is 2.05. The highest BCUT2D eigenvalue weighted by molar-refractivity contribution is 5.94. The van der Waals surface area contributed by atoms with E-state index in [0.717, 1.165) is 36.9 Å². The molecule has 1 N–H and O–H groups in total. The topological polar surface area (TPSA) is 64.3 Å². The highest BCUT2D eigenvalue weighted by Gasteiger charge is 2.30. The number of hydrogen-bond acceptors (Lipinski definition) is 4. The molecule has 2 aromatic rings. The normalized spacial score (nSPS) is 21.1. The lowest BCUT2D eigenvalue weighted by Crippen LogP contribution is -2.26. The largest absolute Gasteiger partial charge is 0.464 e. The van der Waals surface area contributed by atoms with Gasteiger partial charge in [0.2, 0.25) is 0 Å². The molecule has 1 aromatic heterocycles. The lowest BCUT2D eigenvalue weighted by molar-refractivity contribution is 0.0595. The summed E-state index contributed by atoms with van der Waals surface area (Å²) in [6.45, 7) is 0.157. The summed E-state index contributed by atoms with van der Waals surface area (Å²) in [5.74, 6) is -0.232. The van der Waals surface area contributed by atoms with Crippen LogP contribution in [0.25, 0.3) is 11.3 Å². The van der Waals surface area contributed by atoms with E-state index >= 15 is 0 Å². The van der Waals surface area contributed by atoms with Gasteiger partial charge in [-0.25, -0.2) is 9.78 Å². The van der Waals surface area contributed by atoms with Gasteiger partial charge < -0.3 is 14.4 Å². The molecule has 0 bridgehead atoms. The Hall–Kier alpha value is -2.14. The molecule has 2 atom stereocenters. The summed E-state index contributed by atoms with van der Waals surface area (Å²) in [5, 5.41) is 9.72. The number of nitrogens with zero attached hydrogens (tertiary/aromatic N) is 2. The van der Waals surface area contributed by atoms with Gasteiger partial charge in [0.25, 0.3) is 0 Å². The summed E-state index contributed by atoms with van der Waals surface area (Å²) in [7, 11) is 1.37. The molecule has 122 valence electrons. The standard InChI is InChI=1S/C18H22N2O3/c1-23-18(22)16-17(13-7-3-2-4-8-13)20(12-19-16)15-10-6-5-9-14(15)11-21/h2-4,7-8,12,14-15,21H,5-6,9-11H2,1H3. The number of hydrogen-bond donors (Lipinski definition) is 1. The zero-order valence-corrected chi connectivity index (χ0v) is 13.3. The van der Waals surface area contributed by atoms with Crippen LogP contribution >= 0.6 is 0 Å². The second-order valence-electron chi connectivity index (χ2n) is 6.00. The van der Waals surface area contributed by atoms with Gasteiger partial charge in [-0.1, -0.05) is 43.2 Å². The maximum absolute atomic E-state index is 12.1. The molecule has 0 spiro atoms. The number of ether oxygens (including phenoxy) is 1. The molecular weight excluding hydrogens is 292 g/mol.